The topological polar surface area (TPSA) is 50.4 Å². The van der Waals surface area contributed by atoms with Crippen LogP contribution in [0.1, 0.15) is 18.9 Å². The zero-order valence-corrected chi connectivity index (χ0v) is 13.1. The summed E-state index contributed by atoms with van der Waals surface area (Å²) in [6.07, 6.45) is 1.01. The number of carbonyl (C=O) groups excluding carboxylic acids is 1. The molecular weight excluding hydrogens is 276 g/mol. The lowest BCUT2D eigenvalue weighted by molar-refractivity contribution is -0.115. The maximum atomic E-state index is 11.8. The van der Waals surface area contributed by atoms with E-state index < -0.39 is 0 Å². The largest absolute Gasteiger partial charge is 0.457 e. The van der Waals surface area contributed by atoms with Crippen molar-refractivity contribution in [3.05, 3.63) is 54.1 Å². The molecule has 0 bridgehead atoms. The fourth-order valence-corrected chi connectivity index (χ4v) is 2.04. The second kappa shape index (κ2) is 8.20. The second-order valence-corrected chi connectivity index (χ2v) is 5.12. The predicted octanol–water partition coefficient (Wildman–Crippen LogP) is 3.73. The first-order valence-corrected chi connectivity index (χ1v) is 7.53. The van der Waals surface area contributed by atoms with E-state index in [1.807, 2.05) is 55.5 Å². The fraction of sp³-hybridized carbons (Fsp3) is 0.278. The van der Waals surface area contributed by atoms with Crippen LogP contribution in [-0.4, -0.2) is 19.0 Å². The minimum atomic E-state index is -0.0340. The van der Waals surface area contributed by atoms with Crippen LogP contribution < -0.4 is 15.4 Å². The van der Waals surface area contributed by atoms with Crippen LogP contribution in [0, 0.1) is 6.92 Å². The van der Waals surface area contributed by atoms with Crippen molar-refractivity contribution in [3.63, 3.8) is 0 Å². The van der Waals surface area contributed by atoms with Crippen LogP contribution in [0.3, 0.4) is 0 Å². The number of nitrogens with one attached hydrogen (secondary N) is 2. The Kier molecular flexibility index (Phi) is 5.98. The molecule has 4 nitrogen and oxygen atoms in total. The van der Waals surface area contributed by atoms with Crippen LogP contribution in [-0.2, 0) is 4.79 Å². The van der Waals surface area contributed by atoms with Gasteiger partial charge in [0.15, 0.2) is 0 Å². The zero-order chi connectivity index (χ0) is 15.8. The lowest BCUT2D eigenvalue weighted by Crippen LogP contribution is -2.28. The van der Waals surface area contributed by atoms with Gasteiger partial charge in [-0.3, -0.25) is 4.79 Å². The first-order chi connectivity index (χ1) is 10.7. The van der Waals surface area contributed by atoms with Crippen molar-refractivity contribution in [1.29, 1.82) is 0 Å². The first-order valence-electron chi connectivity index (χ1n) is 7.53. The molecule has 0 atom stereocenters. The highest BCUT2D eigenvalue weighted by molar-refractivity contribution is 5.93. The molecule has 0 heterocycles. The van der Waals surface area contributed by atoms with E-state index in [0.717, 1.165) is 35.7 Å². The number of hydrogen-bond donors (Lipinski definition) is 2. The summed E-state index contributed by atoms with van der Waals surface area (Å²) >= 11 is 0. The second-order valence-electron chi connectivity index (χ2n) is 5.12. The quantitative estimate of drug-likeness (QED) is 0.766. The van der Waals surface area contributed by atoms with Gasteiger partial charge in [-0.1, -0.05) is 25.1 Å². The van der Waals surface area contributed by atoms with Crippen molar-refractivity contribution in [2.45, 2.75) is 20.3 Å². The molecule has 0 aromatic heterocycles. The smallest absolute Gasteiger partial charge is 0.238 e. The number of ether oxygens (including phenoxy) is 1. The molecule has 0 radical (unpaired) electrons. The van der Waals surface area contributed by atoms with Gasteiger partial charge in [0.25, 0.3) is 0 Å². The van der Waals surface area contributed by atoms with E-state index >= 15 is 0 Å². The molecular formula is C18H22N2O2. The average Bonchev–Trinajstić information content (AvgIpc) is 2.51. The maximum Gasteiger partial charge on any atom is 0.238 e. The van der Waals surface area contributed by atoms with Crippen molar-refractivity contribution in [2.75, 3.05) is 18.4 Å². The Balaban J connectivity index is 1.96. The zero-order valence-electron chi connectivity index (χ0n) is 13.1. The van der Waals surface area contributed by atoms with Crippen LogP contribution in [0.4, 0.5) is 5.69 Å². The highest BCUT2D eigenvalue weighted by Gasteiger charge is 2.06. The molecule has 0 aliphatic carbocycles. The third-order valence-corrected chi connectivity index (χ3v) is 3.16. The molecule has 0 spiro atoms. The van der Waals surface area contributed by atoms with Gasteiger partial charge in [-0.05, 0) is 55.8 Å². The average molecular weight is 298 g/mol. The normalized spacial score (nSPS) is 10.3. The van der Waals surface area contributed by atoms with Crippen molar-refractivity contribution in [1.82, 2.24) is 5.32 Å². The highest BCUT2D eigenvalue weighted by Crippen LogP contribution is 2.25. The standard InChI is InChI=1S/C18H22N2O2/c1-3-11-19-13-18(21)20-17-10-9-16(12-14(17)2)22-15-7-5-4-6-8-15/h4-10,12,19H,3,11,13H2,1-2H3,(H,20,21). The number of rotatable bonds is 7. The summed E-state index contributed by atoms with van der Waals surface area (Å²) in [5.41, 5.74) is 1.78. The number of anilines is 1. The van der Waals surface area contributed by atoms with Gasteiger partial charge < -0.3 is 15.4 Å². The Morgan fingerprint density at radius 3 is 2.55 bits per heavy atom. The van der Waals surface area contributed by atoms with Gasteiger partial charge in [0.05, 0.1) is 6.54 Å². The molecule has 4 heteroatoms. The van der Waals surface area contributed by atoms with Crippen molar-refractivity contribution in [2.24, 2.45) is 0 Å². The Bertz CT molecular complexity index is 612. The van der Waals surface area contributed by atoms with Crippen LogP contribution in [0.5, 0.6) is 11.5 Å². The van der Waals surface area contributed by atoms with E-state index in [1.165, 1.54) is 0 Å². The van der Waals surface area contributed by atoms with Gasteiger partial charge in [0.2, 0.25) is 5.91 Å². The van der Waals surface area contributed by atoms with Gasteiger partial charge in [-0.15, -0.1) is 0 Å². The molecule has 22 heavy (non-hydrogen) atoms. The lowest BCUT2D eigenvalue weighted by atomic mass is 10.2. The monoisotopic (exact) mass is 298 g/mol. The van der Waals surface area contributed by atoms with Crippen LogP contribution in [0.2, 0.25) is 0 Å². The summed E-state index contributed by atoms with van der Waals surface area (Å²) in [5, 5.41) is 5.99. The van der Waals surface area contributed by atoms with Crippen molar-refractivity contribution < 1.29 is 9.53 Å². The lowest BCUT2D eigenvalue weighted by Gasteiger charge is -2.11. The molecule has 2 N–H and O–H groups in total. The van der Waals surface area contributed by atoms with E-state index in [2.05, 4.69) is 17.6 Å². The molecule has 2 rings (SSSR count). The van der Waals surface area contributed by atoms with Gasteiger partial charge in [0, 0.05) is 5.69 Å². The van der Waals surface area contributed by atoms with Gasteiger partial charge >= 0.3 is 0 Å². The van der Waals surface area contributed by atoms with Crippen molar-refractivity contribution >= 4 is 11.6 Å². The van der Waals surface area contributed by atoms with Crippen LogP contribution in [0.15, 0.2) is 48.5 Å². The highest BCUT2D eigenvalue weighted by atomic mass is 16.5. The van der Waals surface area contributed by atoms with Gasteiger partial charge in [-0.25, -0.2) is 0 Å². The number of amides is 1. The Hall–Kier alpha value is -2.33. The third-order valence-electron chi connectivity index (χ3n) is 3.16. The molecule has 0 aliphatic rings. The van der Waals surface area contributed by atoms with E-state index in [9.17, 15) is 4.79 Å². The number of benzene rings is 2. The van der Waals surface area contributed by atoms with Crippen molar-refractivity contribution in [3.8, 4) is 11.5 Å². The summed E-state index contributed by atoms with van der Waals surface area (Å²) in [7, 11) is 0. The summed E-state index contributed by atoms with van der Waals surface area (Å²) in [6.45, 7) is 5.19. The third kappa shape index (κ3) is 4.90. The number of para-hydroxylation sites is 1. The van der Waals surface area contributed by atoms with E-state index in [0.29, 0.717) is 6.54 Å². The number of hydrogen-bond acceptors (Lipinski definition) is 3. The minimum absolute atomic E-state index is 0.0340. The van der Waals surface area contributed by atoms with Gasteiger partial charge in [-0.2, -0.15) is 0 Å². The molecule has 1 amide bonds. The Morgan fingerprint density at radius 1 is 1.09 bits per heavy atom. The Morgan fingerprint density at radius 2 is 1.86 bits per heavy atom. The summed E-state index contributed by atoms with van der Waals surface area (Å²) in [5.74, 6) is 1.52. The summed E-state index contributed by atoms with van der Waals surface area (Å²) in [6, 6.07) is 15.3. The molecule has 2 aromatic rings. The van der Waals surface area contributed by atoms with Crippen LogP contribution >= 0.6 is 0 Å². The molecule has 0 aliphatic heterocycles. The molecule has 2 aromatic carbocycles. The summed E-state index contributed by atoms with van der Waals surface area (Å²) in [4.78, 5) is 11.8. The Labute approximate surface area is 131 Å². The van der Waals surface area contributed by atoms with E-state index in [-0.39, 0.29) is 5.91 Å². The summed E-state index contributed by atoms with van der Waals surface area (Å²) < 4.78 is 5.77. The van der Waals surface area contributed by atoms with E-state index in [4.69, 9.17) is 4.74 Å². The SMILES string of the molecule is CCCNCC(=O)Nc1ccc(Oc2ccccc2)cc1C. The molecule has 116 valence electrons. The maximum absolute atomic E-state index is 11.8. The minimum Gasteiger partial charge on any atom is -0.457 e. The molecule has 0 saturated heterocycles. The van der Waals surface area contributed by atoms with Crippen LogP contribution in [0.25, 0.3) is 0 Å². The number of aryl methyl sites for hydroxylation is 1. The fourth-order valence-electron chi connectivity index (χ4n) is 2.04. The first kappa shape index (κ1) is 16.0. The molecule has 0 unspecified atom stereocenters. The molecule has 0 saturated carbocycles. The number of carbonyl (C=O) groups is 1. The molecule has 0 fully saturated rings. The van der Waals surface area contributed by atoms with E-state index in [1.54, 1.807) is 0 Å². The predicted molar refractivity (Wildman–Crippen MR) is 89.5 cm³/mol. The van der Waals surface area contributed by atoms with Gasteiger partial charge in [0.1, 0.15) is 11.5 Å².